The molecule has 3 fully saturated rings. The van der Waals surface area contributed by atoms with Gasteiger partial charge in [0.2, 0.25) is 5.91 Å². The maximum atomic E-state index is 12.5. The van der Waals surface area contributed by atoms with Gasteiger partial charge in [-0.25, -0.2) is 0 Å². The molecule has 1 heterocycles. The van der Waals surface area contributed by atoms with Gasteiger partial charge in [-0.3, -0.25) is 4.79 Å². The van der Waals surface area contributed by atoms with Gasteiger partial charge in [-0.05, 0) is 69.4 Å². The van der Waals surface area contributed by atoms with Crippen molar-refractivity contribution < 1.29 is 9.53 Å². The Labute approximate surface area is 134 Å². The van der Waals surface area contributed by atoms with Crippen LogP contribution in [0.1, 0.15) is 58.3 Å². The molecule has 0 bridgehead atoms. The molecule has 22 heavy (non-hydrogen) atoms. The lowest BCUT2D eigenvalue weighted by Crippen LogP contribution is -2.39. The molecule has 1 unspecified atom stereocenters. The Balaban J connectivity index is 1.47. The molecule has 1 aliphatic heterocycles. The zero-order valence-electron chi connectivity index (χ0n) is 14.1. The second kappa shape index (κ2) is 6.88. The predicted octanol–water partition coefficient (Wildman–Crippen LogP) is 2.48. The van der Waals surface area contributed by atoms with Crippen molar-refractivity contribution in [3.05, 3.63) is 0 Å². The average Bonchev–Trinajstić information content (AvgIpc) is 3.02. The van der Waals surface area contributed by atoms with Crippen LogP contribution in [-0.4, -0.2) is 38.8 Å². The number of carbonyl (C=O) groups excluding carboxylic acids is 1. The smallest absolute Gasteiger partial charge is 0.223 e. The lowest BCUT2D eigenvalue weighted by molar-refractivity contribution is -0.123. The van der Waals surface area contributed by atoms with Gasteiger partial charge in [0.15, 0.2) is 0 Å². The summed E-state index contributed by atoms with van der Waals surface area (Å²) in [4.78, 5) is 12.5. The fraction of sp³-hybridized carbons (Fsp3) is 0.944. The molecule has 1 saturated heterocycles. The highest BCUT2D eigenvalue weighted by atomic mass is 16.5. The Morgan fingerprint density at radius 1 is 1.23 bits per heavy atom. The molecule has 1 atom stereocenters. The molecule has 2 saturated carbocycles. The fourth-order valence-corrected chi connectivity index (χ4v) is 4.67. The summed E-state index contributed by atoms with van der Waals surface area (Å²) in [7, 11) is 0. The zero-order chi connectivity index (χ0) is 15.5. The summed E-state index contributed by atoms with van der Waals surface area (Å²) in [5, 5.41) is 6.72. The van der Waals surface area contributed by atoms with Crippen LogP contribution < -0.4 is 10.6 Å². The van der Waals surface area contributed by atoms with Gasteiger partial charge in [0.1, 0.15) is 0 Å². The van der Waals surface area contributed by atoms with E-state index in [-0.39, 0.29) is 0 Å². The molecule has 126 valence electrons. The quantitative estimate of drug-likeness (QED) is 0.710. The van der Waals surface area contributed by atoms with Gasteiger partial charge in [-0.2, -0.15) is 0 Å². The summed E-state index contributed by atoms with van der Waals surface area (Å²) in [5.41, 5.74) is 0.657. The van der Waals surface area contributed by atoms with Crippen LogP contribution >= 0.6 is 0 Å². The maximum Gasteiger partial charge on any atom is 0.223 e. The van der Waals surface area contributed by atoms with E-state index in [0.717, 1.165) is 45.7 Å². The number of hydrogen-bond donors (Lipinski definition) is 2. The molecule has 2 aliphatic carbocycles. The van der Waals surface area contributed by atoms with Crippen molar-refractivity contribution in [1.29, 1.82) is 0 Å². The summed E-state index contributed by atoms with van der Waals surface area (Å²) in [6, 6.07) is 0. The van der Waals surface area contributed by atoms with E-state index < -0.39 is 0 Å². The molecule has 3 rings (SSSR count). The van der Waals surface area contributed by atoms with Crippen LogP contribution in [-0.2, 0) is 9.53 Å². The summed E-state index contributed by atoms with van der Waals surface area (Å²) >= 11 is 0. The van der Waals surface area contributed by atoms with E-state index in [1.54, 1.807) is 0 Å². The van der Waals surface area contributed by atoms with E-state index >= 15 is 0 Å². The minimum atomic E-state index is 0.292. The Morgan fingerprint density at radius 3 is 2.64 bits per heavy atom. The van der Waals surface area contributed by atoms with Crippen LogP contribution in [0.3, 0.4) is 0 Å². The van der Waals surface area contributed by atoms with Crippen molar-refractivity contribution in [3.63, 3.8) is 0 Å². The van der Waals surface area contributed by atoms with E-state index in [9.17, 15) is 4.79 Å². The first-order valence-electron chi connectivity index (χ1n) is 9.26. The standard InChI is InChI=1S/C18H32N2O2/c1-2-22-12-9-17(5-3-4-6-17)14-20-16(21)15-13-18(15)7-10-19-11-8-18/h15,19H,2-14H2,1H3,(H,20,21). The maximum absolute atomic E-state index is 12.5. The number of ether oxygens (including phenoxy) is 1. The molecule has 1 amide bonds. The van der Waals surface area contributed by atoms with Crippen LogP contribution in [0.25, 0.3) is 0 Å². The highest BCUT2D eigenvalue weighted by Crippen LogP contribution is 2.58. The van der Waals surface area contributed by atoms with Crippen LogP contribution in [0.15, 0.2) is 0 Å². The van der Waals surface area contributed by atoms with E-state index in [1.807, 2.05) is 0 Å². The Kier molecular flexibility index (Phi) is 5.08. The third kappa shape index (κ3) is 3.48. The van der Waals surface area contributed by atoms with Gasteiger partial charge < -0.3 is 15.4 Å². The average molecular weight is 308 g/mol. The largest absolute Gasteiger partial charge is 0.382 e. The number of nitrogens with one attached hydrogen (secondary N) is 2. The summed E-state index contributed by atoms with van der Waals surface area (Å²) < 4.78 is 5.56. The summed E-state index contributed by atoms with van der Waals surface area (Å²) in [6.45, 7) is 6.72. The molecule has 4 heteroatoms. The van der Waals surface area contributed by atoms with Crippen LogP contribution in [0.5, 0.6) is 0 Å². The molecular weight excluding hydrogens is 276 g/mol. The second-order valence-corrected chi connectivity index (χ2v) is 7.74. The molecule has 1 spiro atoms. The Bertz CT molecular complexity index is 385. The normalized spacial score (nSPS) is 28.7. The fourth-order valence-electron chi connectivity index (χ4n) is 4.67. The zero-order valence-corrected chi connectivity index (χ0v) is 14.1. The number of amides is 1. The van der Waals surface area contributed by atoms with E-state index in [2.05, 4.69) is 17.6 Å². The highest BCUT2D eigenvalue weighted by molar-refractivity contribution is 5.82. The van der Waals surface area contributed by atoms with Crippen LogP contribution in [0, 0.1) is 16.7 Å². The molecule has 3 aliphatic rings. The first-order valence-corrected chi connectivity index (χ1v) is 9.26. The Morgan fingerprint density at radius 2 is 1.95 bits per heavy atom. The van der Waals surface area contributed by atoms with E-state index in [1.165, 1.54) is 38.5 Å². The van der Waals surface area contributed by atoms with Crippen LogP contribution in [0.2, 0.25) is 0 Å². The van der Waals surface area contributed by atoms with E-state index in [4.69, 9.17) is 4.74 Å². The number of rotatable bonds is 7. The molecule has 0 aromatic heterocycles. The van der Waals surface area contributed by atoms with Gasteiger partial charge in [0.25, 0.3) is 0 Å². The molecule has 0 radical (unpaired) electrons. The lowest BCUT2D eigenvalue weighted by atomic mass is 9.82. The molecular formula is C18H32N2O2. The lowest BCUT2D eigenvalue weighted by Gasteiger charge is -2.30. The highest BCUT2D eigenvalue weighted by Gasteiger charge is 2.57. The van der Waals surface area contributed by atoms with E-state index in [0.29, 0.717) is 22.7 Å². The van der Waals surface area contributed by atoms with Crippen molar-refractivity contribution in [2.24, 2.45) is 16.7 Å². The van der Waals surface area contributed by atoms with Gasteiger partial charge in [-0.1, -0.05) is 12.8 Å². The van der Waals surface area contributed by atoms with Gasteiger partial charge in [0.05, 0.1) is 0 Å². The van der Waals surface area contributed by atoms with Gasteiger partial charge >= 0.3 is 0 Å². The minimum Gasteiger partial charge on any atom is -0.382 e. The summed E-state index contributed by atoms with van der Waals surface area (Å²) in [5.74, 6) is 0.615. The topological polar surface area (TPSA) is 50.4 Å². The summed E-state index contributed by atoms with van der Waals surface area (Å²) in [6.07, 6.45) is 9.69. The number of carbonyl (C=O) groups is 1. The molecule has 0 aromatic rings. The van der Waals surface area contributed by atoms with Crippen molar-refractivity contribution in [2.45, 2.75) is 58.3 Å². The Hall–Kier alpha value is -0.610. The van der Waals surface area contributed by atoms with Crippen molar-refractivity contribution >= 4 is 5.91 Å². The SMILES string of the molecule is CCOCCC1(CNC(=O)C2CC23CCNCC3)CCCC1. The van der Waals surface area contributed by atoms with Crippen LogP contribution in [0.4, 0.5) is 0 Å². The number of piperidine rings is 1. The predicted molar refractivity (Wildman–Crippen MR) is 87.7 cm³/mol. The van der Waals surface area contributed by atoms with Gasteiger partial charge in [0, 0.05) is 25.7 Å². The molecule has 4 nitrogen and oxygen atoms in total. The minimum absolute atomic E-state index is 0.292. The van der Waals surface area contributed by atoms with Crippen molar-refractivity contribution in [2.75, 3.05) is 32.8 Å². The first kappa shape index (κ1) is 16.3. The van der Waals surface area contributed by atoms with Gasteiger partial charge in [-0.15, -0.1) is 0 Å². The first-order chi connectivity index (χ1) is 10.7. The van der Waals surface area contributed by atoms with Crippen molar-refractivity contribution in [1.82, 2.24) is 10.6 Å². The third-order valence-electron chi connectivity index (χ3n) is 6.39. The van der Waals surface area contributed by atoms with Crippen molar-refractivity contribution in [3.8, 4) is 0 Å². The third-order valence-corrected chi connectivity index (χ3v) is 6.39. The molecule has 0 aromatic carbocycles. The number of hydrogen-bond acceptors (Lipinski definition) is 3. The molecule has 2 N–H and O–H groups in total. The monoisotopic (exact) mass is 308 g/mol. The second-order valence-electron chi connectivity index (χ2n) is 7.74.